The molecule has 3 rings (SSSR count). The molecule has 1 aliphatic rings. The van der Waals surface area contributed by atoms with Crippen LogP contribution in [0.5, 0.6) is 0 Å². The number of hydrogen-bond donors (Lipinski definition) is 2. The van der Waals surface area contributed by atoms with Crippen LogP contribution in [0.3, 0.4) is 0 Å². The van der Waals surface area contributed by atoms with Gasteiger partial charge in [0.1, 0.15) is 0 Å². The number of benzene rings is 1. The van der Waals surface area contributed by atoms with Gasteiger partial charge in [-0.25, -0.2) is 4.68 Å². The number of hydrogen-bond acceptors (Lipinski definition) is 3. The van der Waals surface area contributed by atoms with Crippen LogP contribution in [0.4, 0.5) is 0 Å². The molecule has 1 fully saturated rings. The van der Waals surface area contributed by atoms with Gasteiger partial charge in [-0.05, 0) is 50.2 Å². The van der Waals surface area contributed by atoms with Crippen LogP contribution in [0, 0.1) is 12.8 Å². The maximum Gasteiger partial charge on any atom is 0.306 e. The second-order valence-electron chi connectivity index (χ2n) is 7.66. The van der Waals surface area contributed by atoms with Gasteiger partial charge >= 0.3 is 5.97 Å². The van der Waals surface area contributed by atoms with Crippen molar-refractivity contribution in [1.29, 1.82) is 0 Å². The van der Waals surface area contributed by atoms with Crippen LogP contribution in [0.25, 0.3) is 5.69 Å². The van der Waals surface area contributed by atoms with Gasteiger partial charge in [-0.2, -0.15) is 5.10 Å². The number of amides is 1. The van der Waals surface area contributed by atoms with E-state index in [9.17, 15) is 9.59 Å². The lowest BCUT2D eigenvalue weighted by molar-refractivity contribution is -0.142. The summed E-state index contributed by atoms with van der Waals surface area (Å²) in [6.45, 7) is 6.14. The number of carboxylic acids is 1. The highest BCUT2D eigenvalue weighted by molar-refractivity contribution is 5.95. The Balaban J connectivity index is 1.80. The van der Waals surface area contributed by atoms with Gasteiger partial charge in [0.2, 0.25) is 0 Å². The molecule has 1 saturated carbocycles. The number of nitrogens with one attached hydrogen (secondary N) is 1. The third-order valence-electron chi connectivity index (χ3n) is 5.35. The average Bonchev–Trinajstić information content (AvgIpc) is 3.08. The van der Waals surface area contributed by atoms with E-state index in [1.54, 1.807) is 6.20 Å². The first kappa shape index (κ1) is 19.1. The van der Waals surface area contributed by atoms with Gasteiger partial charge in [0.05, 0.1) is 29.1 Å². The van der Waals surface area contributed by atoms with E-state index in [-0.39, 0.29) is 23.8 Å². The molecule has 1 aromatic heterocycles. The highest BCUT2D eigenvalue weighted by Crippen LogP contribution is 2.27. The number of aryl methyl sites for hydroxylation is 1. The fourth-order valence-corrected chi connectivity index (χ4v) is 3.83. The van der Waals surface area contributed by atoms with Crippen LogP contribution < -0.4 is 5.32 Å². The van der Waals surface area contributed by atoms with E-state index in [0.717, 1.165) is 16.9 Å². The Kier molecular flexibility index (Phi) is 5.63. The molecule has 1 amide bonds. The SMILES string of the molecule is Cc1ccccc1-n1ncc(C(=O)NC2CCC(C(=O)O)CC2)c1C(C)C. The molecule has 0 bridgehead atoms. The molecular formula is C21H27N3O3. The van der Waals surface area contributed by atoms with Gasteiger partial charge in [-0.3, -0.25) is 9.59 Å². The van der Waals surface area contributed by atoms with Crippen LogP contribution in [0.2, 0.25) is 0 Å². The molecule has 1 aromatic carbocycles. The van der Waals surface area contributed by atoms with Crippen molar-refractivity contribution in [3.8, 4) is 5.69 Å². The fraction of sp³-hybridized carbons (Fsp3) is 0.476. The zero-order valence-corrected chi connectivity index (χ0v) is 16.1. The predicted molar refractivity (Wildman–Crippen MR) is 103 cm³/mol. The summed E-state index contributed by atoms with van der Waals surface area (Å²) >= 11 is 0. The Morgan fingerprint density at radius 2 is 1.85 bits per heavy atom. The fourth-order valence-electron chi connectivity index (χ4n) is 3.83. The summed E-state index contributed by atoms with van der Waals surface area (Å²) in [5.41, 5.74) is 3.55. The van der Waals surface area contributed by atoms with Crippen molar-refractivity contribution in [3.63, 3.8) is 0 Å². The van der Waals surface area contributed by atoms with Crippen molar-refractivity contribution in [3.05, 3.63) is 47.3 Å². The third-order valence-corrected chi connectivity index (χ3v) is 5.35. The van der Waals surface area contributed by atoms with E-state index >= 15 is 0 Å². The maximum absolute atomic E-state index is 12.9. The van der Waals surface area contributed by atoms with Crippen molar-refractivity contribution in [2.75, 3.05) is 0 Å². The molecule has 6 nitrogen and oxygen atoms in total. The minimum atomic E-state index is -0.735. The number of aliphatic carboxylic acids is 1. The Morgan fingerprint density at radius 1 is 1.19 bits per heavy atom. The molecule has 27 heavy (non-hydrogen) atoms. The minimum Gasteiger partial charge on any atom is -0.481 e. The minimum absolute atomic E-state index is 0.0231. The number of rotatable bonds is 5. The molecule has 0 atom stereocenters. The number of carbonyl (C=O) groups is 2. The van der Waals surface area contributed by atoms with Crippen molar-refractivity contribution >= 4 is 11.9 Å². The molecule has 1 aliphatic carbocycles. The third kappa shape index (κ3) is 4.04. The van der Waals surface area contributed by atoms with Gasteiger partial charge in [-0.1, -0.05) is 32.0 Å². The highest BCUT2D eigenvalue weighted by atomic mass is 16.4. The number of carboxylic acid groups (broad SMARTS) is 1. The standard InChI is InChI=1S/C21H27N3O3/c1-13(2)19-17(12-22-24(19)18-7-5-4-6-14(18)3)20(25)23-16-10-8-15(9-11-16)21(26)27/h4-7,12-13,15-16H,8-11H2,1-3H3,(H,23,25)(H,26,27). The van der Waals surface area contributed by atoms with Crippen LogP contribution >= 0.6 is 0 Å². The van der Waals surface area contributed by atoms with Gasteiger partial charge in [0.25, 0.3) is 5.91 Å². The topological polar surface area (TPSA) is 84.2 Å². The van der Waals surface area contributed by atoms with Crippen molar-refractivity contribution < 1.29 is 14.7 Å². The van der Waals surface area contributed by atoms with Crippen molar-refractivity contribution in [1.82, 2.24) is 15.1 Å². The average molecular weight is 369 g/mol. The second-order valence-corrected chi connectivity index (χ2v) is 7.66. The van der Waals surface area contributed by atoms with Crippen molar-refractivity contribution in [2.45, 2.75) is 58.4 Å². The molecule has 0 radical (unpaired) electrons. The Bertz CT molecular complexity index is 833. The molecule has 1 heterocycles. The number of carbonyl (C=O) groups excluding carboxylic acids is 1. The highest BCUT2D eigenvalue weighted by Gasteiger charge is 2.28. The zero-order chi connectivity index (χ0) is 19.6. The molecule has 0 spiro atoms. The lowest BCUT2D eigenvalue weighted by Crippen LogP contribution is -2.39. The molecule has 0 unspecified atom stereocenters. The van der Waals surface area contributed by atoms with Crippen LogP contribution in [0.1, 0.15) is 67.1 Å². The lowest BCUT2D eigenvalue weighted by atomic mass is 9.86. The molecular weight excluding hydrogens is 342 g/mol. The van der Waals surface area contributed by atoms with Gasteiger partial charge < -0.3 is 10.4 Å². The zero-order valence-electron chi connectivity index (χ0n) is 16.1. The molecule has 2 aromatic rings. The van der Waals surface area contributed by atoms with E-state index in [4.69, 9.17) is 5.11 Å². The summed E-state index contributed by atoms with van der Waals surface area (Å²) in [5.74, 6) is -1.01. The van der Waals surface area contributed by atoms with E-state index < -0.39 is 5.97 Å². The molecule has 2 N–H and O–H groups in total. The monoisotopic (exact) mass is 369 g/mol. The van der Waals surface area contributed by atoms with Crippen LogP contribution in [-0.4, -0.2) is 32.8 Å². The van der Waals surface area contributed by atoms with Gasteiger partial charge in [0, 0.05) is 6.04 Å². The van der Waals surface area contributed by atoms with Crippen molar-refractivity contribution in [2.24, 2.45) is 5.92 Å². The normalized spacial score (nSPS) is 19.9. The summed E-state index contributed by atoms with van der Waals surface area (Å²) in [6.07, 6.45) is 4.26. The first-order chi connectivity index (χ1) is 12.9. The van der Waals surface area contributed by atoms with Crippen LogP contribution in [0.15, 0.2) is 30.5 Å². The summed E-state index contributed by atoms with van der Waals surface area (Å²) < 4.78 is 1.86. The van der Waals surface area contributed by atoms with Gasteiger partial charge in [-0.15, -0.1) is 0 Å². The second kappa shape index (κ2) is 7.94. The quantitative estimate of drug-likeness (QED) is 0.842. The first-order valence-electron chi connectivity index (χ1n) is 9.56. The smallest absolute Gasteiger partial charge is 0.306 e. The Labute approximate surface area is 159 Å². The van der Waals surface area contributed by atoms with E-state index in [0.29, 0.717) is 31.2 Å². The van der Waals surface area contributed by atoms with Gasteiger partial charge in [0.15, 0.2) is 0 Å². The number of para-hydroxylation sites is 1. The summed E-state index contributed by atoms with van der Waals surface area (Å²) in [5, 5.41) is 16.7. The van der Waals surface area contributed by atoms with E-state index in [2.05, 4.69) is 24.3 Å². The molecule has 144 valence electrons. The van der Waals surface area contributed by atoms with Crippen LogP contribution in [-0.2, 0) is 4.79 Å². The Morgan fingerprint density at radius 3 is 2.44 bits per heavy atom. The molecule has 6 heteroatoms. The summed E-state index contributed by atoms with van der Waals surface area (Å²) in [6, 6.07) is 8.01. The number of nitrogens with zero attached hydrogens (tertiary/aromatic N) is 2. The predicted octanol–water partition coefficient (Wildman–Crippen LogP) is 3.68. The molecule has 0 saturated heterocycles. The first-order valence-corrected chi connectivity index (χ1v) is 9.56. The summed E-state index contributed by atoms with van der Waals surface area (Å²) in [4.78, 5) is 24.0. The summed E-state index contributed by atoms with van der Waals surface area (Å²) in [7, 11) is 0. The van der Waals surface area contributed by atoms with E-state index in [1.165, 1.54) is 0 Å². The van der Waals surface area contributed by atoms with E-state index in [1.807, 2.05) is 35.9 Å². The largest absolute Gasteiger partial charge is 0.481 e. The number of aromatic nitrogens is 2. The molecule has 0 aliphatic heterocycles. The maximum atomic E-state index is 12.9. The lowest BCUT2D eigenvalue weighted by Gasteiger charge is -2.27. The Hall–Kier alpha value is -2.63.